The lowest BCUT2D eigenvalue weighted by Crippen LogP contribution is -2.42. The molecule has 1 amide bonds. The molecule has 1 aromatic carbocycles. The first kappa shape index (κ1) is 33.7. The van der Waals surface area contributed by atoms with Crippen molar-refractivity contribution in [1.82, 2.24) is 25.3 Å². The zero-order chi connectivity index (χ0) is 33.8. The SMILES string of the molecule is Nc1nc(=O)c2nc(CNc3ccc(C(=O)N[C@@H](CCC(=O)OC(=O)/C=C/C(=O)O)C(=O)OC(=O)/C=C/C(=O)O)cc3)cnc2[nH]1. The minimum absolute atomic E-state index is 0.0110. The maximum Gasteiger partial charge on any atom is 0.338 e. The number of aromatic nitrogens is 4. The number of nitrogens with two attached hydrogens (primary N) is 1. The average Bonchev–Trinajstić information content (AvgIpc) is 3.00. The number of benzene rings is 1. The molecule has 0 aliphatic rings. The van der Waals surface area contributed by atoms with Crippen LogP contribution < -0.4 is 21.9 Å². The largest absolute Gasteiger partial charge is 0.478 e. The fraction of sp³-hybridized carbons (Fsp3) is 0.148. The molecule has 0 saturated carbocycles. The summed E-state index contributed by atoms with van der Waals surface area (Å²) in [6.45, 7) is 0.126. The van der Waals surface area contributed by atoms with E-state index >= 15 is 0 Å². The van der Waals surface area contributed by atoms with Gasteiger partial charge in [-0.3, -0.25) is 14.4 Å². The number of nitrogen functional groups attached to an aromatic ring is 1. The number of anilines is 2. The number of carbonyl (C=O) groups excluding carboxylic acids is 5. The van der Waals surface area contributed by atoms with Gasteiger partial charge in [-0.25, -0.2) is 33.9 Å². The van der Waals surface area contributed by atoms with Gasteiger partial charge in [0.2, 0.25) is 5.95 Å². The molecule has 0 aliphatic heterocycles. The lowest BCUT2D eigenvalue weighted by Gasteiger charge is -2.16. The molecule has 0 bridgehead atoms. The molecular formula is C27H23N7O12. The van der Waals surface area contributed by atoms with Gasteiger partial charge in [0, 0.05) is 42.0 Å². The maximum absolute atomic E-state index is 12.9. The van der Waals surface area contributed by atoms with Gasteiger partial charge >= 0.3 is 41.4 Å². The van der Waals surface area contributed by atoms with Crippen LogP contribution in [0.25, 0.3) is 11.2 Å². The Morgan fingerprint density at radius 2 is 1.54 bits per heavy atom. The summed E-state index contributed by atoms with van der Waals surface area (Å²) in [6.07, 6.45) is 1.97. The number of carboxylic acids is 2. The van der Waals surface area contributed by atoms with Crippen LogP contribution in [-0.2, 0) is 44.8 Å². The van der Waals surface area contributed by atoms with Crippen LogP contribution in [-0.4, -0.2) is 77.9 Å². The lowest BCUT2D eigenvalue weighted by molar-refractivity contribution is -0.158. The maximum atomic E-state index is 12.9. The number of carbonyl (C=O) groups is 7. The first-order valence-electron chi connectivity index (χ1n) is 12.8. The van der Waals surface area contributed by atoms with Crippen molar-refractivity contribution >= 4 is 64.5 Å². The molecule has 1 atom stereocenters. The molecule has 0 unspecified atom stereocenters. The highest BCUT2D eigenvalue weighted by atomic mass is 16.6. The van der Waals surface area contributed by atoms with Gasteiger partial charge in [-0.1, -0.05) is 0 Å². The minimum Gasteiger partial charge on any atom is -0.478 e. The molecule has 7 N–H and O–H groups in total. The molecule has 0 spiro atoms. The molecule has 3 aromatic rings. The Labute approximate surface area is 256 Å². The standard InChI is InChI=1S/C27H23N7O12/c28-27-33-23-22(25(43)34-27)31-15(12-30-23)11-29-14-3-1-13(2-4-14)24(42)32-16(26(44)46-21(41)10-7-18(37)38)5-8-19(39)45-20(40)9-6-17(35)36/h1-4,6-7,9-10,12,16,29H,5,8,11H2,(H,32,42)(H,35,36)(H,37,38)(H3,28,30,33,34,43)/b9-6+,10-7+/t16-/m0/s1. The number of aliphatic carboxylic acids is 2. The Bertz CT molecular complexity index is 1820. The van der Waals surface area contributed by atoms with E-state index in [4.69, 9.17) is 15.9 Å². The predicted molar refractivity (Wildman–Crippen MR) is 152 cm³/mol. The Morgan fingerprint density at radius 1 is 0.913 bits per heavy atom. The van der Waals surface area contributed by atoms with Crippen LogP contribution in [0.15, 0.2) is 59.6 Å². The molecule has 19 heteroatoms. The van der Waals surface area contributed by atoms with Gasteiger partial charge < -0.3 is 41.0 Å². The highest BCUT2D eigenvalue weighted by molar-refractivity contribution is 6.01. The topological polar surface area (TPSA) is 300 Å². The molecule has 3 rings (SSSR count). The number of esters is 4. The zero-order valence-electron chi connectivity index (χ0n) is 23.3. The smallest absolute Gasteiger partial charge is 0.338 e. The molecule has 2 aromatic heterocycles. The third-order valence-electron chi connectivity index (χ3n) is 5.48. The first-order valence-corrected chi connectivity index (χ1v) is 12.8. The van der Waals surface area contributed by atoms with Crippen LogP contribution in [0.1, 0.15) is 28.9 Å². The van der Waals surface area contributed by atoms with Gasteiger partial charge in [0.25, 0.3) is 5.91 Å². The molecule has 0 radical (unpaired) electrons. The van der Waals surface area contributed by atoms with Gasteiger partial charge in [-0.15, -0.1) is 0 Å². The van der Waals surface area contributed by atoms with Crippen molar-refractivity contribution in [3.05, 3.63) is 76.4 Å². The highest BCUT2D eigenvalue weighted by Crippen LogP contribution is 2.13. The second-order valence-corrected chi connectivity index (χ2v) is 8.86. The summed E-state index contributed by atoms with van der Waals surface area (Å²) in [5.74, 6) is -9.15. The van der Waals surface area contributed by atoms with Crippen molar-refractivity contribution < 1.29 is 53.2 Å². The number of hydrogen-bond acceptors (Lipinski definition) is 15. The average molecular weight is 638 g/mol. The Balaban J connectivity index is 1.65. The monoisotopic (exact) mass is 637 g/mol. The number of nitrogens with one attached hydrogen (secondary N) is 3. The number of ether oxygens (including phenoxy) is 2. The van der Waals surface area contributed by atoms with Gasteiger partial charge in [0.05, 0.1) is 18.4 Å². The van der Waals surface area contributed by atoms with Gasteiger partial charge in [-0.05, 0) is 30.7 Å². The third kappa shape index (κ3) is 10.5. The van der Waals surface area contributed by atoms with Crippen molar-refractivity contribution in [3.63, 3.8) is 0 Å². The highest BCUT2D eigenvalue weighted by Gasteiger charge is 2.26. The number of rotatable bonds is 13. The summed E-state index contributed by atoms with van der Waals surface area (Å²) in [6, 6.07) is 4.08. The molecule has 0 aliphatic carbocycles. The zero-order valence-corrected chi connectivity index (χ0v) is 23.3. The van der Waals surface area contributed by atoms with Crippen molar-refractivity contribution in [1.29, 1.82) is 0 Å². The number of amides is 1. The lowest BCUT2D eigenvalue weighted by atomic mass is 10.1. The number of nitrogens with zero attached hydrogens (tertiary/aromatic N) is 3. The van der Waals surface area contributed by atoms with Crippen LogP contribution in [0.2, 0.25) is 0 Å². The molecule has 238 valence electrons. The van der Waals surface area contributed by atoms with Gasteiger partial charge in [-0.2, -0.15) is 4.98 Å². The normalized spacial score (nSPS) is 11.6. The summed E-state index contributed by atoms with van der Waals surface area (Å²) < 4.78 is 8.91. The van der Waals surface area contributed by atoms with Crippen molar-refractivity contribution in [3.8, 4) is 0 Å². The van der Waals surface area contributed by atoms with E-state index in [-0.39, 0.29) is 29.2 Å². The molecular weight excluding hydrogens is 614 g/mol. The summed E-state index contributed by atoms with van der Waals surface area (Å²) >= 11 is 0. The third-order valence-corrected chi connectivity index (χ3v) is 5.48. The number of H-pyrrole nitrogens is 1. The van der Waals surface area contributed by atoms with E-state index in [9.17, 15) is 38.4 Å². The van der Waals surface area contributed by atoms with E-state index in [0.29, 0.717) is 35.7 Å². The van der Waals surface area contributed by atoms with Crippen LogP contribution in [0.3, 0.4) is 0 Å². The fourth-order valence-electron chi connectivity index (χ4n) is 3.43. The predicted octanol–water partition coefficient (Wildman–Crippen LogP) is -0.793. The summed E-state index contributed by atoms with van der Waals surface area (Å²) in [7, 11) is 0. The quantitative estimate of drug-likeness (QED) is 0.0759. The second-order valence-electron chi connectivity index (χ2n) is 8.86. The van der Waals surface area contributed by atoms with Crippen LogP contribution in [0, 0.1) is 0 Å². The summed E-state index contributed by atoms with van der Waals surface area (Å²) in [5, 5.41) is 22.4. The molecule has 0 fully saturated rings. The van der Waals surface area contributed by atoms with E-state index in [1.54, 1.807) is 0 Å². The number of aromatic amines is 1. The van der Waals surface area contributed by atoms with Crippen molar-refractivity contribution in [2.75, 3.05) is 11.1 Å². The minimum atomic E-state index is -1.65. The number of carboxylic acid groups (broad SMARTS) is 2. The number of fused-ring (bicyclic) bond motifs is 1. The Hall–Kier alpha value is -6.79. The van der Waals surface area contributed by atoms with Crippen molar-refractivity contribution in [2.24, 2.45) is 0 Å². The van der Waals surface area contributed by atoms with Crippen LogP contribution in [0.5, 0.6) is 0 Å². The van der Waals surface area contributed by atoms with Gasteiger partial charge in [0.15, 0.2) is 11.2 Å². The van der Waals surface area contributed by atoms with Crippen LogP contribution in [0.4, 0.5) is 11.6 Å². The molecule has 19 nitrogen and oxygen atoms in total. The van der Waals surface area contributed by atoms with E-state index in [2.05, 4.69) is 40.0 Å². The Kier molecular flexibility index (Phi) is 11.4. The fourth-order valence-corrected chi connectivity index (χ4v) is 3.43. The summed E-state index contributed by atoms with van der Waals surface area (Å²) in [4.78, 5) is 108. The van der Waals surface area contributed by atoms with Crippen molar-refractivity contribution in [2.45, 2.75) is 25.4 Å². The van der Waals surface area contributed by atoms with E-state index < -0.39 is 66.2 Å². The van der Waals surface area contributed by atoms with E-state index in [1.807, 2.05) is 0 Å². The number of hydrogen-bond donors (Lipinski definition) is 6. The molecule has 0 saturated heterocycles. The van der Waals surface area contributed by atoms with E-state index in [1.165, 1.54) is 30.5 Å². The Morgan fingerprint density at radius 3 is 2.17 bits per heavy atom. The first-order chi connectivity index (χ1) is 21.8. The summed E-state index contributed by atoms with van der Waals surface area (Å²) in [5.41, 5.74) is 5.92. The van der Waals surface area contributed by atoms with Gasteiger partial charge in [0.1, 0.15) is 6.04 Å². The van der Waals surface area contributed by atoms with Crippen LogP contribution >= 0.6 is 0 Å². The molecule has 2 heterocycles. The van der Waals surface area contributed by atoms with E-state index in [0.717, 1.165) is 0 Å². The second kappa shape index (κ2) is 15.6. The molecule has 46 heavy (non-hydrogen) atoms.